The molecule has 0 bridgehead atoms. The van der Waals surface area contributed by atoms with E-state index >= 15 is 0 Å². The molecule has 0 saturated heterocycles. The molecule has 0 atom stereocenters. The van der Waals surface area contributed by atoms with Crippen LogP contribution in [0.25, 0.3) is 0 Å². The van der Waals surface area contributed by atoms with Crippen LogP contribution in [0.5, 0.6) is 0 Å². The van der Waals surface area contributed by atoms with Gasteiger partial charge in [0.15, 0.2) is 0 Å². The molecule has 0 heterocycles. The number of carbonyl (C=O) groups excluding carboxylic acids is 1. The van der Waals surface area contributed by atoms with Gasteiger partial charge in [-0.25, -0.2) is 8.42 Å². The first-order valence-electron chi connectivity index (χ1n) is 8.94. The maximum Gasteiger partial charge on any atom is 0.261 e. The van der Waals surface area contributed by atoms with Crippen molar-refractivity contribution in [3.63, 3.8) is 0 Å². The Labute approximate surface area is 176 Å². The molecule has 0 fully saturated rings. The molecule has 0 aliphatic rings. The number of hydrogen-bond donors (Lipinski definition) is 1. The van der Waals surface area contributed by atoms with Crippen LogP contribution < -0.4 is 4.72 Å². The van der Waals surface area contributed by atoms with Crippen molar-refractivity contribution in [2.75, 3.05) is 11.8 Å². The van der Waals surface area contributed by atoms with Gasteiger partial charge in [-0.05, 0) is 60.5 Å². The average molecular weight is 429 g/mol. The van der Waals surface area contributed by atoms with Crippen molar-refractivity contribution in [1.82, 2.24) is 4.90 Å². The summed E-state index contributed by atoms with van der Waals surface area (Å²) in [4.78, 5) is 14.3. The lowest BCUT2D eigenvalue weighted by Gasteiger charge is -2.18. The van der Waals surface area contributed by atoms with E-state index in [0.717, 1.165) is 11.1 Å². The molecule has 150 valence electrons. The van der Waals surface area contributed by atoms with E-state index < -0.39 is 10.0 Å². The fourth-order valence-corrected chi connectivity index (χ4v) is 4.23. The van der Waals surface area contributed by atoms with Crippen molar-refractivity contribution >= 4 is 33.2 Å². The fourth-order valence-electron chi connectivity index (χ4n) is 2.92. The van der Waals surface area contributed by atoms with E-state index in [9.17, 15) is 13.2 Å². The number of amides is 1. The number of nitrogens with one attached hydrogen (secondary N) is 1. The maximum atomic E-state index is 12.8. The highest BCUT2D eigenvalue weighted by atomic mass is 35.5. The molecule has 1 N–H and O–H groups in total. The van der Waals surface area contributed by atoms with Crippen LogP contribution >= 0.6 is 11.6 Å². The fraction of sp³-hybridized carbons (Fsp3) is 0.136. The summed E-state index contributed by atoms with van der Waals surface area (Å²) in [6, 6.07) is 20.3. The monoisotopic (exact) mass is 428 g/mol. The highest BCUT2D eigenvalue weighted by Gasteiger charge is 2.18. The third-order valence-electron chi connectivity index (χ3n) is 4.32. The zero-order valence-electron chi connectivity index (χ0n) is 16.1. The lowest BCUT2D eigenvalue weighted by Crippen LogP contribution is -2.26. The van der Waals surface area contributed by atoms with Crippen LogP contribution in [0, 0.1) is 6.92 Å². The van der Waals surface area contributed by atoms with Gasteiger partial charge in [0.25, 0.3) is 15.9 Å². The topological polar surface area (TPSA) is 66.5 Å². The van der Waals surface area contributed by atoms with Gasteiger partial charge >= 0.3 is 0 Å². The first kappa shape index (κ1) is 20.9. The summed E-state index contributed by atoms with van der Waals surface area (Å²) in [6.45, 7) is 2.24. The molecular formula is C22H21ClN2O3S. The molecule has 5 nitrogen and oxygen atoms in total. The lowest BCUT2D eigenvalue weighted by atomic mass is 10.1. The van der Waals surface area contributed by atoms with Gasteiger partial charge in [0.2, 0.25) is 0 Å². The molecule has 3 rings (SSSR count). The molecule has 1 amide bonds. The van der Waals surface area contributed by atoms with Gasteiger partial charge in [-0.15, -0.1) is 0 Å². The highest BCUT2D eigenvalue weighted by Crippen LogP contribution is 2.19. The third kappa shape index (κ3) is 5.37. The van der Waals surface area contributed by atoms with E-state index in [1.165, 1.54) is 17.0 Å². The minimum absolute atomic E-state index is 0.0287. The molecule has 0 aliphatic carbocycles. The molecular weight excluding hydrogens is 408 g/mol. The molecule has 0 unspecified atom stereocenters. The minimum atomic E-state index is -3.81. The number of benzene rings is 3. The third-order valence-corrected chi connectivity index (χ3v) is 5.93. The molecule has 0 aliphatic heterocycles. The maximum absolute atomic E-state index is 12.8. The summed E-state index contributed by atoms with van der Waals surface area (Å²) < 4.78 is 28.0. The molecule has 0 spiro atoms. The summed E-state index contributed by atoms with van der Waals surface area (Å²) in [7, 11) is -2.15. The summed E-state index contributed by atoms with van der Waals surface area (Å²) in [6.07, 6.45) is 0. The van der Waals surface area contributed by atoms with Crippen molar-refractivity contribution in [1.29, 1.82) is 0 Å². The second kappa shape index (κ2) is 8.68. The predicted molar refractivity (Wildman–Crippen MR) is 116 cm³/mol. The Bertz CT molecular complexity index is 1150. The Morgan fingerprint density at radius 1 is 1.00 bits per heavy atom. The van der Waals surface area contributed by atoms with Gasteiger partial charge < -0.3 is 4.90 Å². The van der Waals surface area contributed by atoms with E-state index in [2.05, 4.69) is 4.72 Å². The van der Waals surface area contributed by atoms with Crippen LogP contribution in [0.3, 0.4) is 0 Å². The molecule has 29 heavy (non-hydrogen) atoms. The van der Waals surface area contributed by atoms with Crippen LogP contribution in [-0.2, 0) is 16.6 Å². The minimum Gasteiger partial charge on any atom is -0.337 e. The molecule has 0 radical (unpaired) electrons. The van der Waals surface area contributed by atoms with Crippen molar-refractivity contribution < 1.29 is 13.2 Å². The van der Waals surface area contributed by atoms with Crippen LogP contribution in [0.15, 0.2) is 77.7 Å². The second-order valence-corrected chi connectivity index (χ2v) is 8.91. The Morgan fingerprint density at radius 3 is 2.45 bits per heavy atom. The molecule has 7 heteroatoms. The van der Waals surface area contributed by atoms with Crippen LogP contribution in [0.2, 0.25) is 5.02 Å². The summed E-state index contributed by atoms with van der Waals surface area (Å²) in [5, 5.41) is 0.596. The first-order valence-corrected chi connectivity index (χ1v) is 10.8. The van der Waals surface area contributed by atoms with E-state index in [4.69, 9.17) is 11.6 Å². The van der Waals surface area contributed by atoms with Crippen molar-refractivity contribution in [2.45, 2.75) is 18.4 Å². The van der Waals surface area contributed by atoms with Crippen LogP contribution in [0.4, 0.5) is 5.69 Å². The Hall–Kier alpha value is -2.83. The second-order valence-electron chi connectivity index (χ2n) is 6.79. The zero-order valence-corrected chi connectivity index (χ0v) is 17.7. The lowest BCUT2D eigenvalue weighted by molar-refractivity contribution is 0.0785. The number of aryl methyl sites for hydroxylation is 1. The quantitative estimate of drug-likeness (QED) is 0.617. The number of sulfonamides is 1. The van der Waals surface area contributed by atoms with E-state index in [-0.39, 0.29) is 10.8 Å². The van der Waals surface area contributed by atoms with Crippen LogP contribution in [-0.4, -0.2) is 26.3 Å². The number of carbonyl (C=O) groups is 1. The Balaban J connectivity index is 1.79. The van der Waals surface area contributed by atoms with Crippen LogP contribution in [0.1, 0.15) is 21.5 Å². The standard InChI is InChI=1S/C22H21ClN2O3S/c1-16-6-3-10-20(12-16)24-29(27,28)21-11-5-8-18(14-21)22(26)25(2)15-17-7-4-9-19(23)13-17/h3-14,24H,15H2,1-2H3. The van der Waals surface area contributed by atoms with Gasteiger partial charge in [-0.3, -0.25) is 9.52 Å². The Morgan fingerprint density at radius 2 is 1.72 bits per heavy atom. The van der Waals surface area contributed by atoms with Gasteiger partial charge in [-0.1, -0.05) is 41.9 Å². The number of nitrogens with zero attached hydrogens (tertiary/aromatic N) is 1. The summed E-state index contributed by atoms with van der Waals surface area (Å²) in [5.41, 5.74) is 2.59. The SMILES string of the molecule is Cc1cccc(NS(=O)(=O)c2cccc(C(=O)N(C)Cc3cccc(Cl)c3)c2)c1. The van der Waals surface area contributed by atoms with Crippen molar-refractivity contribution in [2.24, 2.45) is 0 Å². The van der Waals surface area contributed by atoms with E-state index in [1.54, 1.807) is 49.5 Å². The smallest absolute Gasteiger partial charge is 0.261 e. The van der Waals surface area contributed by atoms with Gasteiger partial charge in [0.05, 0.1) is 4.90 Å². The summed E-state index contributed by atoms with van der Waals surface area (Å²) >= 11 is 5.99. The summed E-state index contributed by atoms with van der Waals surface area (Å²) in [5.74, 6) is -0.280. The van der Waals surface area contributed by atoms with E-state index in [0.29, 0.717) is 22.8 Å². The normalized spacial score (nSPS) is 11.1. The number of rotatable bonds is 6. The zero-order chi connectivity index (χ0) is 21.0. The molecule has 3 aromatic rings. The first-order chi connectivity index (χ1) is 13.7. The largest absolute Gasteiger partial charge is 0.337 e. The van der Waals surface area contributed by atoms with Gasteiger partial charge in [0.1, 0.15) is 0 Å². The average Bonchev–Trinajstić information content (AvgIpc) is 2.67. The molecule has 0 aromatic heterocycles. The number of hydrogen-bond acceptors (Lipinski definition) is 3. The number of halogens is 1. The van der Waals surface area contributed by atoms with Crippen molar-refractivity contribution in [3.05, 3.63) is 94.5 Å². The van der Waals surface area contributed by atoms with Gasteiger partial charge in [-0.2, -0.15) is 0 Å². The molecule has 0 saturated carbocycles. The number of anilines is 1. The van der Waals surface area contributed by atoms with E-state index in [1.807, 2.05) is 25.1 Å². The molecule has 3 aromatic carbocycles. The van der Waals surface area contributed by atoms with Crippen molar-refractivity contribution in [3.8, 4) is 0 Å². The Kier molecular flexibility index (Phi) is 6.25. The predicted octanol–water partition coefficient (Wildman–Crippen LogP) is 4.72. The van der Waals surface area contributed by atoms with Gasteiger partial charge in [0, 0.05) is 29.9 Å². The highest BCUT2D eigenvalue weighted by molar-refractivity contribution is 7.92.